The van der Waals surface area contributed by atoms with Crippen LogP contribution < -0.4 is 4.74 Å². The Balaban J connectivity index is 1.71. The lowest BCUT2D eigenvalue weighted by molar-refractivity contribution is 0.00524. The number of para-hydroxylation sites is 1. The van der Waals surface area contributed by atoms with Crippen LogP contribution in [-0.2, 0) is 4.74 Å². The van der Waals surface area contributed by atoms with Gasteiger partial charge in [-0.3, -0.25) is 4.90 Å². The van der Waals surface area contributed by atoms with Crippen molar-refractivity contribution in [1.29, 1.82) is 0 Å². The smallest absolute Gasteiger partial charge is 0.410 e. The number of halogens is 1. The van der Waals surface area contributed by atoms with Crippen molar-refractivity contribution in [2.45, 2.75) is 45.8 Å². The third kappa shape index (κ3) is 6.66. The molecule has 1 aliphatic rings. The SMILES string of the molecule is C[C@@H]1CN(C(=O)OC(C)(C)C)CCN1CCCOc1ccccc1I. The summed E-state index contributed by atoms with van der Waals surface area (Å²) < 4.78 is 12.5. The summed E-state index contributed by atoms with van der Waals surface area (Å²) in [5, 5.41) is 0. The normalized spacial score (nSPS) is 18.9. The van der Waals surface area contributed by atoms with E-state index in [-0.39, 0.29) is 6.09 Å². The molecule has 0 aromatic heterocycles. The fourth-order valence-electron chi connectivity index (χ4n) is 2.83. The first-order valence-corrected chi connectivity index (χ1v) is 9.93. The highest BCUT2D eigenvalue weighted by Gasteiger charge is 2.29. The molecule has 0 N–H and O–H groups in total. The van der Waals surface area contributed by atoms with Gasteiger partial charge in [-0.05, 0) is 68.8 Å². The molecule has 6 heteroatoms. The summed E-state index contributed by atoms with van der Waals surface area (Å²) in [5.41, 5.74) is -0.441. The first kappa shape index (κ1) is 20.3. The molecule has 140 valence electrons. The molecule has 25 heavy (non-hydrogen) atoms. The molecule has 1 atom stereocenters. The molecule has 1 aromatic rings. The van der Waals surface area contributed by atoms with Crippen molar-refractivity contribution in [1.82, 2.24) is 9.80 Å². The predicted molar refractivity (Wildman–Crippen MR) is 108 cm³/mol. The highest BCUT2D eigenvalue weighted by atomic mass is 127. The Morgan fingerprint density at radius 3 is 2.64 bits per heavy atom. The minimum Gasteiger partial charge on any atom is -0.492 e. The number of ether oxygens (including phenoxy) is 2. The lowest BCUT2D eigenvalue weighted by atomic mass is 10.2. The van der Waals surface area contributed by atoms with Gasteiger partial charge in [0.15, 0.2) is 0 Å². The van der Waals surface area contributed by atoms with Crippen LogP contribution in [0.4, 0.5) is 4.79 Å². The van der Waals surface area contributed by atoms with Crippen molar-refractivity contribution >= 4 is 28.7 Å². The summed E-state index contributed by atoms with van der Waals surface area (Å²) in [4.78, 5) is 16.4. The van der Waals surface area contributed by atoms with Crippen molar-refractivity contribution in [3.63, 3.8) is 0 Å². The summed E-state index contributed by atoms with van der Waals surface area (Å²) in [7, 11) is 0. The summed E-state index contributed by atoms with van der Waals surface area (Å²) in [6.45, 7) is 11.9. The molecule has 1 heterocycles. The highest BCUT2D eigenvalue weighted by molar-refractivity contribution is 14.1. The second-order valence-electron chi connectivity index (χ2n) is 7.44. The zero-order valence-electron chi connectivity index (χ0n) is 15.6. The van der Waals surface area contributed by atoms with E-state index in [0.717, 1.165) is 35.4 Å². The van der Waals surface area contributed by atoms with Crippen molar-refractivity contribution in [2.24, 2.45) is 0 Å². The highest BCUT2D eigenvalue weighted by Crippen LogP contribution is 2.20. The monoisotopic (exact) mass is 460 g/mol. The van der Waals surface area contributed by atoms with E-state index in [4.69, 9.17) is 9.47 Å². The van der Waals surface area contributed by atoms with E-state index in [9.17, 15) is 4.79 Å². The lowest BCUT2D eigenvalue weighted by Crippen LogP contribution is -2.54. The van der Waals surface area contributed by atoms with Crippen molar-refractivity contribution in [3.8, 4) is 5.75 Å². The van der Waals surface area contributed by atoms with Gasteiger partial charge in [0.2, 0.25) is 0 Å². The quantitative estimate of drug-likeness (QED) is 0.492. The van der Waals surface area contributed by atoms with Crippen LogP contribution in [0.5, 0.6) is 5.75 Å². The summed E-state index contributed by atoms with van der Waals surface area (Å²) >= 11 is 2.29. The summed E-state index contributed by atoms with van der Waals surface area (Å²) in [5.74, 6) is 0.950. The third-order valence-corrected chi connectivity index (χ3v) is 4.99. The Morgan fingerprint density at radius 1 is 1.28 bits per heavy atom. The third-order valence-electron chi connectivity index (χ3n) is 4.10. The second kappa shape index (κ2) is 9.07. The minimum absolute atomic E-state index is 0.207. The molecule has 2 rings (SSSR count). The topological polar surface area (TPSA) is 42.0 Å². The van der Waals surface area contributed by atoms with Crippen LogP contribution in [0.25, 0.3) is 0 Å². The zero-order valence-corrected chi connectivity index (χ0v) is 17.8. The molecule has 0 spiro atoms. The number of benzene rings is 1. The summed E-state index contributed by atoms with van der Waals surface area (Å²) in [6.07, 6.45) is 0.767. The molecule has 5 nitrogen and oxygen atoms in total. The Labute approximate surface area is 164 Å². The van der Waals surface area contributed by atoms with Gasteiger partial charge in [-0.2, -0.15) is 0 Å². The number of carbonyl (C=O) groups excluding carboxylic acids is 1. The van der Waals surface area contributed by atoms with E-state index >= 15 is 0 Å². The number of rotatable bonds is 5. The van der Waals surface area contributed by atoms with Crippen LogP contribution in [0.3, 0.4) is 0 Å². The fraction of sp³-hybridized carbons (Fsp3) is 0.632. The van der Waals surface area contributed by atoms with Gasteiger partial charge in [-0.25, -0.2) is 4.79 Å². The minimum atomic E-state index is -0.441. The Hall–Kier alpha value is -1.02. The molecule has 0 saturated carbocycles. The number of hydrogen-bond acceptors (Lipinski definition) is 4. The number of piperazine rings is 1. The Morgan fingerprint density at radius 2 is 2.00 bits per heavy atom. The Kier molecular flexibility index (Phi) is 7.37. The first-order chi connectivity index (χ1) is 11.8. The van der Waals surface area contributed by atoms with E-state index < -0.39 is 5.60 Å². The van der Waals surface area contributed by atoms with Gasteiger partial charge in [0, 0.05) is 32.2 Å². The van der Waals surface area contributed by atoms with E-state index in [1.807, 2.05) is 49.9 Å². The summed E-state index contributed by atoms with van der Waals surface area (Å²) in [6, 6.07) is 8.39. The molecule has 1 aromatic carbocycles. The largest absolute Gasteiger partial charge is 0.492 e. The second-order valence-corrected chi connectivity index (χ2v) is 8.61. The van der Waals surface area contributed by atoms with Crippen LogP contribution in [0.15, 0.2) is 24.3 Å². The maximum atomic E-state index is 12.2. The molecular weight excluding hydrogens is 431 g/mol. The molecule has 0 radical (unpaired) electrons. The van der Waals surface area contributed by atoms with E-state index in [1.54, 1.807) is 0 Å². The standard InChI is InChI=1S/C19H29IN2O3/c1-15-14-22(18(23)25-19(2,3)4)12-11-21(15)10-7-13-24-17-9-6-5-8-16(17)20/h5-6,8-9,15H,7,10-14H2,1-4H3/t15-/m1/s1. The van der Waals surface area contributed by atoms with E-state index in [1.165, 1.54) is 0 Å². The fourth-order valence-corrected chi connectivity index (χ4v) is 3.37. The molecule has 1 saturated heterocycles. The number of carbonyl (C=O) groups is 1. The van der Waals surface area contributed by atoms with E-state index in [2.05, 4.69) is 34.4 Å². The number of hydrogen-bond donors (Lipinski definition) is 0. The maximum Gasteiger partial charge on any atom is 0.410 e. The molecule has 0 bridgehead atoms. The van der Waals surface area contributed by atoms with Crippen LogP contribution in [0.2, 0.25) is 0 Å². The molecule has 1 aliphatic heterocycles. The van der Waals surface area contributed by atoms with Gasteiger partial charge >= 0.3 is 6.09 Å². The number of nitrogens with zero attached hydrogens (tertiary/aromatic N) is 2. The average molecular weight is 460 g/mol. The van der Waals surface area contributed by atoms with Gasteiger partial charge < -0.3 is 14.4 Å². The molecular formula is C19H29IN2O3. The molecule has 0 aliphatic carbocycles. The molecule has 0 unspecified atom stereocenters. The molecule has 1 fully saturated rings. The van der Waals surface area contributed by atoms with Gasteiger partial charge in [0.05, 0.1) is 10.2 Å². The molecule has 1 amide bonds. The van der Waals surface area contributed by atoms with Crippen LogP contribution in [0, 0.1) is 3.57 Å². The van der Waals surface area contributed by atoms with Gasteiger partial charge in [-0.1, -0.05) is 12.1 Å². The van der Waals surface area contributed by atoms with Crippen LogP contribution in [0.1, 0.15) is 34.1 Å². The Bertz CT molecular complexity index is 574. The van der Waals surface area contributed by atoms with Crippen molar-refractivity contribution in [2.75, 3.05) is 32.8 Å². The van der Waals surface area contributed by atoms with Gasteiger partial charge in [-0.15, -0.1) is 0 Å². The number of amides is 1. The maximum absolute atomic E-state index is 12.2. The lowest BCUT2D eigenvalue weighted by Gasteiger charge is -2.40. The van der Waals surface area contributed by atoms with Crippen molar-refractivity contribution < 1.29 is 14.3 Å². The van der Waals surface area contributed by atoms with Gasteiger partial charge in [0.1, 0.15) is 11.4 Å². The van der Waals surface area contributed by atoms with Crippen LogP contribution >= 0.6 is 22.6 Å². The zero-order chi connectivity index (χ0) is 18.4. The van der Waals surface area contributed by atoms with E-state index in [0.29, 0.717) is 19.2 Å². The van der Waals surface area contributed by atoms with Crippen molar-refractivity contribution in [3.05, 3.63) is 27.8 Å². The first-order valence-electron chi connectivity index (χ1n) is 8.85. The van der Waals surface area contributed by atoms with Gasteiger partial charge in [0.25, 0.3) is 0 Å². The predicted octanol–water partition coefficient (Wildman–Crippen LogP) is 4.00. The average Bonchev–Trinajstić information content (AvgIpc) is 2.52. The van der Waals surface area contributed by atoms with Crippen LogP contribution in [-0.4, -0.2) is 60.3 Å².